The Hall–Kier alpha value is 0.0900. The van der Waals surface area contributed by atoms with Gasteiger partial charge in [-0.2, -0.15) is 0 Å². The van der Waals surface area contributed by atoms with Crippen LogP contribution in [0, 0.1) is 0 Å². The molecule has 0 unspecified atom stereocenters. The molecule has 1 aliphatic rings. The van der Waals surface area contributed by atoms with E-state index in [2.05, 4.69) is 17.5 Å². The van der Waals surface area contributed by atoms with Crippen molar-refractivity contribution < 1.29 is 28.7 Å². The maximum atomic E-state index is 11.4. The molecule has 0 fully saturated rings. The molecule has 1 rings (SSSR count). The Morgan fingerprint density at radius 1 is 1.33 bits per heavy atom. The SMILES string of the molecule is O=P(O)(O)C1(P(=O)(O)O)C=C(CCC=S)CCN1. The van der Waals surface area contributed by atoms with Crippen molar-refractivity contribution in [2.24, 2.45) is 0 Å². The third-order valence-corrected chi connectivity index (χ3v) is 6.86. The average Bonchev–Trinajstić information content (AvgIpc) is 2.23. The van der Waals surface area contributed by atoms with Crippen molar-refractivity contribution >= 4 is 32.8 Å². The monoisotopic (exact) mass is 315 g/mol. The van der Waals surface area contributed by atoms with E-state index in [1.54, 1.807) is 0 Å². The summed E-state index contributed by atoms with van der Waals surface area (Å²) in [5.74, 6) is 0. The number of hydrogen-bond acceptors (Lipinski definition) is 4. The van der Waals surface area contributed by atoms with E-state index in [-0.39, 0.29) is 6.54 Å². The Balaban J connectivity index is 3.24. The van der Waals surface area contributed by atoms with E-state index in [1.165, 1.54) is 5.37 Å². The van der Waals surface area contributed by atoms with Gasteiger partial charge in [-0.3, -0.25) is 14.4 Å². The summed E-state index contributed by atoms with van der Waals surface area (Å²) in [5, 5.41) is 1.15. The quantitative estimate of drug-likeness (QED) is 0.285. The average molecular weight is 315 g/mol. The summed E-state index contributed by atoms with van der Waals surface area (Å²) in [6.07, 6.45) is 2.41. The largest absolute Gasteiger partial charge is 0.361 e. The van der Waals surface area contributed by atoms with Crippen LogP contribution in [0.5, 0.6) is 0 Å². The lowest BCUT2D eigenvalue weighted by Gasteiger charge is -2.36. The summed E-state index contributed by atoms with van der Waals surface area (Å²) in [5.41, 5.74) is 0.585. The van der Waals surface area contributed by atoms with Crippen molar-refractivity contribution in [2.45, 2.75) is 24.3 Å². The van der Waals surface area contributed by atoms with Crippen molar-refractivity contribution in [1.29, 1.82) is 0 Å². The predicted molar refractivity (Wildman–Crippen MR) is 70.4 cm³/mol. The van der Waals surface area contributed by atoms with Crippen LogP contribution in [0.4, 0.5) is 0 Å². The second kappa shape index (κ2) is 5.61. The maximum absolute atomic E-state index is 11.4. The van der Waals surface area contributed by atoms with Crippen LogP contribution in [0.25, 0.3) is 0 Å². The van der Waals surface area contributed by atoms with E-state index in [1.807, 2.05) is 0 Å². The molecule has 18 heavy (non-hydrogen) atoms. The van der Waals surface area contributed by atoms with Crippen LogP contribution in [-0.2, 0) is 9.13 Å². The molecule has 104 valence electrons. The van der Waals surface area contributed by atoms with Gasteiger partial charge in [0, 0.05) is 6.54 Å². The van der Waals surface area contributed by atoms with Crippen molar-refractivity contribution in [3.8, 4) is 0 Å². The molecular formula is C8H15NO6P2S. The van der Waals surface area contributed by atoms with E-state index in [4.69, 9.17) is 0 Å². The molecular weight excluding hydrogens is 300 g/mol. The van der Waals surface area contributed by atoms with Crippen LogP contribution >= 0.6 is 27.4 Å². The molecule has 1 aliphatic heterocycles. The smallest absolute Gasteiger partial charge is 0.322 e. The normalized spacial score (nSPS) is 20.3. The second-order valence-corrected chi connectivity index (χ2v) is 8.27. The van der Waals surface area contributed by atoms with E-state index in [9.17, 15) is 28.7 Å². The third-order valence-electron chi connectivity index (χ3n) is 2.71. The molecule has 0 radical (unpaired) electrons. The number of rotatable bonds is 5. The lowest BCUT2D eigenvalue weighted by Crippen LogP contribution is -2.46. The van der Waals surface area contributed by atoms with Crippen LogP contribution < -0.4 is 5.32 Å². The highest BCUT2D eigenvalue weighted by Crippen LogP contribution is 2.69. The Morgan fingerprint density at radius 2 is 1.89 bits per heavy atom. The fourth-order valence-corrected chi connectivity index (χ4v) is 4.61. The fourth-order valence-electron chi connectivity index (χ4n) is 1.80. The molecule has 0 atom stereocenters. The van der Waals surface area contributed by atoms with Gasteiger partial charge in [0.2, 0.25) is 5.02 Å². The summed E-state index contributed by atoms with van der Waals surface area (Å²) < 4.78 is 22.9. The van der Waals surface area contributed by atoms with Gasteiger partial charge in [-0.05, 0) is 30.7 Å². The number of nitrogens with one attached hydrogen (secondary N) is 1. The minimum atomic E-state index is -5.05. The molecule has 0 bridgehead atoms. The minimum absolute atomic E-state index is 0.0967. The summed E-state index contributed by atoms with van der Waals surface area (Å²) in [6.45, 7) is 0.0967. The molecule has 7 nitrogen and oxygen atoms in total. The molecule has 10 heteroatoms. The van der Waals surface area contributed by atoms with Gasteiger partial charge in [0.05, 0.1) is 0 Å². The Bertz CT molecular complexity index is 431. The third kappa shape index (κ3) is 3.15. The fraction of sp³-hybridized carbons (Fsp3) is 0.625. The zero-order valence-electron chi connectivity index (χ0n) is 9.39. The first kappa shape index (κ1) is 16.1. The van der Waals surface area contributed by atoms with Gasteiger partial charge in [0.15, 0.2) is 0 Å². The molecule has 5 N–H and O–H groups in total. The van der Waals surface area contributed by atoms with Gasteiger partial charge in [-0.15, -0.1) is 0 Å². The highest BCUT2D eigenvalue weighted by Gasteiger charge is 2.59. The summed E-state index contributed by atoms with van der Waals surface area (Å²) in [7, 11) is -10.1. The lowest BCUT2D eigenvalue weighted by molar-refractivity contribution is 0.302. The topological polar surface area (TPSA) is 127 Å². The van der Waals surface area contributed by atoms with Gasteiger partial charge in [-0.1, -0.05) is 17.8 Å². The number of thiocarbonyl (C=S) groups is 1. The maximum Gasteiger partial charge on any atom is 0.361 e. The second-order valence-electron chi connectivity index (χ2n) is 4.00. The van der Waals surface area contributed by atoms with Crippen LogP contribution in [0.3, 0.4) is 0 Å². The number of hydrogen-bond donors (Lipinski definition) is 5. The van der Waals surface area contributed by atoms with Crippen LogP contribution in [0.1, 0.15) is 19.3 Å². The highest BCUT2D eigenvalue weighted by atomic mass is 32.1. The first-order valence-corrected chi connectivity index (χ1v) is 8.84. The van der Waals surface area contributed by atoms with Crippen LogP contribution in [0.15, 0.2) is 11.6 Å². The Labute approximate surface area is 110 Å². The van der Waals surface area contributed by atoms with E-state index >= 15 is 0 Å². The molecule has 0 aromatic rings. The molecule has 0 aromatic heterocycles. The zero-order chi connectivity index (χ0) is 14.0. The predicted octanol–water partition coefficient (Wildman–Crippen LogP) is 0.695. The summed E-state index contributed by atoms with van der Waals surface area (Å²) >= 11 is 4.65. The highest BCUT2D eigenvalue weighted by molar-refractivity contribution is 7.79. The minimum Gasteiger partial charge on any atom is -0.322 e. The first-order chi connectivity index (χ1) is 8.14. The van der Waals surface area contributed by atoms with E-state index in [0.29, 0.717) is 24.8 Å². The molecule has 0 saturated heterocycles. The molecule has 0 spiro atoms. The van der Waals surface area contributed by atoms with Crippen molar-refractivity contribution in [3.05, 3.63) is 11.6 Å². The van der Waals surface area contributed by atoms with Crippen molar-refractivity contribution in [2.75, 3.05) is 6.54 Å². The van der Waals surface area contributed by atoms with Gasteiger partial charge < -0.3 is 19.6 Å². The van der Waals surface area contributed by atoms with Crippen molar-refractivity contribution in [1.82, 2.24) is 5.32 Å². The Kier molecular flexibility index (Phi) is 5.03. The molecule has 0 amide bonds. The first-order valence-electron chi connectivity index (χ1n) is 5.14. The van der Waals surface area contributed by atoms with Crippen LogP contribution in [-0.4, -0.2) is 36.5 Å². The summed E-state index contributed by atoms with van der Waals surface area (Å²) in [4.78, 5) is 37.0. The Morgan fingerprint density at radius 3 is 2.33 bits per heavy atom. The zero-order valence-corrected chi connectivity index (χ0v) is 12.0. The van der Waals surface area contributed by atoms with E-state index < -0.39 is 20.2 Å². The van der Waals surface area contributed by atoms with Gasteiger partial charge in [0.1, 0.15) is 0 Å². The van der Waals surface area contributed by atoms with Gasteiger partial charge in [-0.25, -0.2) is 0 Å². The van der Waals surface area contributed by atoms with Crippen LogP contribution in [0.2, 0.25) is 0 Å². The van der Waals surface area contributed by atoms with E-state index in [0.717, 1.165) is 6.08 Å². The standard InChI is InChI=1S/C8H15NO6P2S/c10-16(11,12)8(17(13,14)15)6-7(2-1-5-18)3-4-9-8/h5-6,9H,1-4H2,(H2,10,11,12)(H2,13,14,15). The van der Waals surface area contributed by atoms with Gasteiger partial charge >= 0.3 is 15.2 Å². The lowest BCUT2D eigenvalue weighted by atomic mass is 10.0. The molecule has 0 saturated carbocycles. The summed E-state index contributed by atoms with van der Waals surface area (Å²) in [6, 6.07) is 0. The van der Waals surface area contributed by atoms with Gasteiger partial charge in [0.25, 0.3) is 0 Å². The molecule has 1 heterocycles. The molecule has 0 aromatic carbocycles. The molecule has 0 aliphatic carbocycles. The van der Waals surface area contributed by atoms with Crippen molar-refractivity contribution in [3.63, 3.8) is 0 Å².